The van der Waals surface area contributed by atoms with Crippen molar-refractivity contribution in [2.45, 2.75) is 0 Å². The zero-order chi connectivity index (χ0) is 10.6. The smallest absolute Gasteiger partial charge is 0.414 e. The van der Waals surface area contributed by atoms with E-state index in [4.69, 9.17) is 0 Å². The molecule has 2 aliphatic rings. The maximum absolute atomic E-state index is 10.1. The molecule has 0 saturated carbocycles. The molecule has 0 atom stereocenters. The monoisotopic (exact) mass is 201 g/mol. The Labute approximate surface area is 78.0 Å². The lowest BCUT2D eigenvalue weighted by Gasteiger charge is -1.78. The van der Waals surface area contributed by atoms with E-state index in [9.17, 15) is 19.2 Å². The predicted molar refractivity (Wildman–Crippen MR) is 41.0 cm³/mol. The third-order valence-corrected chi connectivity index (χ3v) is 1.24. The highest BCUT2D eigenvalue weighted by Gasteiger charge is 2.17. The molecule has 0 spiro atoms. The largest absolute Gasteiger partial charge is 0.439 e. The molecule has 3 N–H and O–H groups in total. The number of urea groups is 1. The first-order chi connectivity index (χ1) is 6.58. The number of alkyl carbamates (subject to hydrolysis) is 1. The fourth-order valence-corrected chi connectivity index (χ4v) is 0.693. The van der Waals surface area contributed by atoms with Crippen LogP contribution in [0, 0.1) is 0 Å². The number of carbonyl (C=O) groups excluding carboxylic acids is 4. The number of amides is 5. The minimum absolute atomic E-state index is 0.124. The first kappa shape index (κ1) is 9.96. The topological polar surface area (TPSA) is 114 Å². The van der Waals surface area contributed by atoms with E-state index in [0.717, 1.165) is 0 Å². The summed E-state index contributed by atoms with van der Waals surface area (Å²) in [5, 5.41) is 6.21. The van der Waals surface area contributed by atoms with Gasteiger partial charge in [0.15, 0.2) is 6.61 Å². The summed E-state index contributed by atoms with van der Waals surface area (Å²) in [6.45, 7) is -0.00231. The van der Waals surface area contributed by atoms with Crippen LogP contribution in [0.15, 0.2) is 0 Å². The van der Waals surface area contributed by atoms with Crippen LogP contribution in [0.1, 0.15) is 0 Å². The number of cyclic esters (lactones) is 1. The first-order valence-electron chi connectivity index (χ1n) is 3.62. The van der Waals surface area contributed by atoms with E-state index in [1.54, 1.807) is 0 Å². The molecule has 0 bridgehead atoms. The van der Waals surface area contributed by atoms with Gasteiger partial charge >= 0.3 is 12.1 Å². The summed E-state index contributed by atoms with van der Waals surface area (Å²) in [5.41, 5.74) is 0. The number of ether oxygens (including phenoxy) is 1. The number of nitrogens with one attached hydrogen (secondary N) is 3. The Kier molecular flexibility index (Phi) is 3.00. The van der Waals surface area contributed by atoms with Gasteiger partial charge in [-0.15, -0.1) is 0 Å². The van der Waals surface area contributed by atoms with Gasteiger partial charge in [-0.1, -0.05) is 0 Å². The number of carbonyl (C=O) groups is 4. The van der Waals surface area contributed by atoms with E-state index in [-0.39, 0.29) is 25.0 Å². The van der Waals surface area contributed by atoms with Gasteiger partial charge in [-0.05, 0) is 0 Å². The van der Waals surface area contributed by atoms with Gasteiger partial charge in [-0.3, -0.25) is 20.2 Å². The number of rotatable bonds is 0. The quantitative estimate of drug-likeness (QED) is 0.395. The summed E-state index contributed by atoms with van der Waals surface area (Å²) in [5.74, 6) is -0.630. The minimum Gasteiger partial charge on any atom is -0.439 e. The molecule has 0 aromatic rings. The van der Waals surface area contributed by atoms with Crippen molar-refractivity contribution in [1.29, 1.82) is 0 Å². The van der Waals surface area contributed by atoms with Crippen LogP contribution in [0.25, 0.3) is 0 Å². The molecule has 2 rings (SSSR count). The maximum Gasteiger partial charge on any atom is 0.414 e. The molecule has 8 heteroatoms. The van der Waals surface area contributed by atoms with Crippen molar-refractivity contribution in [3.63, 3.8) is 0 Å². The molecule has 0 aromatic heterocycles. The van der Waals surface area contributed by atoms with Crippen LogP contribution >= 0.6 is 0 Å². The molecule has 2 heterocycles. The minimum atomic E-state index is -0.648. The molecule has 5 amide bonds. The van der Waals surface area contributed by atoms with Gasteiger partial charge in [-0.25, -0.2) is 9.59 Å². The van der Waals surface area contributed by atoms with Crippen molar-refractivity contribution in [2.75, 3.05) is 13.2 Å². The highest BCUT2D eigenvalue weighted by Crippen LogP contribution is 1.85. The average Bonchev–Trinajstić information content (AvgIpc) is 2.63. The number of hydrogen-bond acceptors (Lipinski definition) is 5. The third-order valence-electron chi connectivity index (χ3n) is 1.24. The number of hydrogen-bond donors (Lipinski definition) is 3. The summed E-state index contributed by atoms with van der Waals surface area (Å²) in [6, 6.07) is -0.398. The molecular formula is C6H7N3O5. The Bertz CT molecular complexity index is 242. The molecule has 0 aliphatic carbocycles. The lowest BCUT2D eigenvalue weighted by Crippen LogP contribution is -2.22. The highest BCUT2D eigenvalue weighted by molar-refractivity contribution is 6.01. The molecule has 2 saturated heterocycles. The Morgan fingerprint density at radius 1 is 1.00 bits per heavy atom. The fourth-order valence-electron chi connectivity index (χ4n) is 0.693. The number of imide groups is 2. The predicted octanol–water partition coefficient (Wildman–Crippen LogP) is -1.92. The molecule has 76 valence electrons. The molecule has 8 nitrogen and oxygen atoms in total. The van der Waals surface area contributed by atoms with Crippen molar-refractivity contribution >= 4 is 23.9 Å². The van der Waals surface area contributed by atoms with Crippen molar-refractivity contribution in [1.82, 2.24) is 16.0 Å². The average molecular weight is 201 g/mol. The molecule has 0 aromatic carbocycles. The molecule has 14 heavy (non-hydrogen) atoms. The fraction of sp³-hybridized carbons (Fsp3) is 0.333. The Hall–Kier alpha value is -2.12. The van der Waals surface area contributed by atoms with Crippen LogP contribution in [-0.2, 0) is 14.3 Å². The second kappa shape index (κ2) is 4.21. The Morgan fingerprint density at radius 3 is 1.86 bits per heavy atom. The van der Waals surface area contributed by atoms with E-state index >= 15 is 0 Å². The van der Waals surface area contributed by atoms with Crippen LogP contribution in [0.4, 0.5) is 9.59 Å². The van der Waals surface area contributed by atoms with Crippen LogP contribution in [-0.4, -0.2) is 37.1 Å². The van der Waals surface area contributed by atoms with Crippen molar-refractivity contribution < 1.29 is 23.9 Å². The van der Waals surface area contributed by atoms with Gasteiger partial charge in [0, 0.05) is 0 Å². The van der Waals surface area contributed by atoms with Gasteiger partial charge in [-0.2, -0.15) is 0 Å². The summed E-state index contributed by atoms with van der Waals surface area (Å²) < 4.78 is 4.17. The third kappa shape index (κ3) is 3.09. The van der Waals surface area contributed by atoms with E-state index in [2.05, 4.69) is 10.1 Å². The molecule has 0 radical (unpaired) electrons. The van der Waals surface area contributed by atoms with Gasteiger partial charge < -0.3 is 10.1 Å². The van der Waals surface area contributed by atoms with Crippen molar-refractivity contribution in [2.24, 2.45) is 0 Å². The standard InChI is InChI=1S/C3H4N2O2.C3H3NO3/c6-2-1-4-3(7)5-2;5-2-1-7-3(6)4-2/h1H2,(H2,4,5,6,7);1H2,(H,4,5,6). The van der Waals surface area contributed by atoms with E-state index in [1.807, 2.05) is 10.6 Å². The molecule has 2 fully saturated rings. The summed E-state index contributed by atoms with van der Waals surface area (Å²) >= 11 is 0. The zero-order valence-electron chi connectivity index (χ0n) is 6.96. The summed E-state index contributed by atoms with van der Waals surface area (Å²) in [4.78, 5) is 40.0. The maximum atomic E-state index is 10.1. The SMILES string of the molecule is O=C1CNC(=O)N1.O=C1COC(=O)N1. The van der Waals surface area contributed by atoms with Crippen molar-refractivity contribution in [3.05, 3.63) is 0 Å². The first-order valence-corrected chi connectivity index (χ1v) is 3.62. The molecule has 2 aliphatic heterocycles. The molecular weight excluding hydrogens is 194 g/mol. The van der Waals surface area contributed by atoms with Gasteiger partial charge in [0.2, 0.25) is 5.91 Å². The van der Waals surface area contributed by atoms with Crippen LogP contribution in [0.2, 0.25) is 0 Å². The van der Waals surface area contributed by atoms with Gasteiger partial charge in [0.05, 0.1) is 6.54 Å². The molecule has 0 unspecified atom stereocenters. The lowest BCUT2D eigenvalue weighted by molar-refractivity contribution is -0.119. The van der Waals surface area contributed by atoms with Crippen LogP contribution in [0.3, 0.4) is 0 Å². The van der Waals surface area contributed by atoms with E-state index < -0.39 is 12.1 Å². The van der Waals surface area contributed by atoms with Crippen LogP contribution in [0.5, 0.6) is 0 Å². The van der Waals surface area contributed by atoms with E-state index in [0.29, 0.717) is 0 Å². The van der Waals surface area contributed by atoms with Crippen LogP contribution < -0.4 is 16.0 Å². The second-order valence-corrected chi connectivity index (χ2v) is 2.36. The Morgan fingerprint density at radius 2 is 1.71 bits per heavy atom. The summed E-state index contributed by atoms with van der Waals surface area (Å²) in [7, 11) is 0. The second-order valence-electron chi connectivity index (χ2n) is 2.36. The van der Waals surface area contributed by atoms with Gasteiger partial charge in [0.1, 0.15) is 0 Å². The van der Waals surface area contributed by atoms with Crippen molar-refractivity contribution in [3.8, 4) is 0 Å². The normalized spacial score (nSPS) is 18.9. The summed E-state index contributed by atoms with van der Waals surface area (Å²) in [6.07, 6.45) is -0.648. The zero-order valence-corrected chi connectivity index (χ0v) is 6.96. The lowest BCUT2D eigenvalue weighted by atomic mass is 10.7. The Balaban J connectivity index is 0.000000140. The van der Waals surface area contributed by atoms with E-state index in [1.165, 1.54) is 0 Å². The van der Waals surface area contributed by atoms with Gasteiger partial charge in [0.25, 0.3) is 5.91 Å². The highest BCUT2D eigenvalue weighted by atomic mass is 16.6.